The van der Waals surface area contributed by atoms with Crippen molar-refractivity contribution in [2.45, 2.75) is 31.7 Å². The number of carbonyl (C=O) groups excluding carboxylic acids is 1. The van der Waals surface area contributed by atoms with E-state index in [0.717, 1.165) is 32.4 Å². The Bertz CT molecular complexity index is 224. The first-order chi connectivity index (χ1) is 6.77. The van der Waals surface area contributed by atoms with E-state index in [-0.39, 0.29) is 24.0 Å². The van der Waals surface area contributed by atoms with Crippen LogP contribution in [0.2, 0.25) is 0 Å². The summed E-state index contributed by atoms with van der Waals surface area (Å²) in [7, 11) is 0. The number of piperidine rings is 1. The van der Waals surface area contributed by atoms with E-state index >= 15 is 0 Å². The summed E-state index contributed by atoms with van der Waals surface area (Å²) >= 11 is 0. The van der Waals surface area contributed by atoms with Gasteiger partial charge in [0.25, 0.3) is 0 Å². The summed E-state index contributed by atoms with van der Waals surface area (Å²) < 4.78 is 0. The molecule has 14 heavy (non-hydrogen) atoms. The molecule has 4 nitrogen and oxygen atoms in total. The molecule has 0 saturated carbocycles. The van der Waals surface area contributed by atoms with E-state index in [1.54, 1.807) is 0 Å². The maximum Gasteiger partial charge on any atom is 0.226 e. The van der Waals surface area contributed by atoms with Crippen molar-refractivity contribution in [1.29, 1.82) is 0 Å². The molecule has 0 aromatic heterocycles. The van der Waals surface area contributed by atoms with Gasteiger partial charge in [0.05, 0.1) is 5.41 Å². The fourth-order valence-electron chi connectivity index (χ4n) is 2.62. The largest absolute Gasteiger partial charge is 0.396 e. The molecule has 2 heterocycles. The van der Waals surface area contributed by atoms with Crippen LogP contribution in [0.5, 0.6) is 0 Å². The highest BCUT2D eigenvalue weighted by Gasteiger charge is 2.46. The monoisotopic (exact) mass is 198 g/mol. The highest BCUT2D eigenvalue weighted by molar-refractivity contribution is 5.85. The maximum absolute atomic E-state index is 11.8. The Hall–Kier alpha value is -0.610. The standard InChI is InChI=1S/C10H18N2O2/c13-6-1-8-7-10(9(14)12-8)2-4-11-5-3-10/h8,11,13H,1-7H2,(H,12,14)/t8-/m1/s1. The predicted molar refractivity (Wildman–Crippen MR) is 52.8 cm³/mol. The lowest BCUT2D eigenvalue weighted by Gasteiger charge is -2.30. The van der Waals surface area contributed by atoms with Crippen molar-refractivity contribution in [1.82, 2.24) is 10.6 Å². The zero-order valence-electron chi connectivity index (χ0n) is 8.38. The van der Waals surface area contributed by atoms with E-state index in [4.69, 9.17) is 5.11 Å². The quantitative estimate of drug-likeness (QED) is 0.567. The fraction of sp³-hybridized carbons (Fsp3) is 0.900. The topological polar surface area (TPSA) is 61.4 Å². The third-order valence-electron chi connectivity index (χ3n) is 3.49. The number of aliphatic hydroxyl groups is 1. The van der Waals surface area contributed by atoms with Crippen molar-refractivity contribution in [3.63, 3.8) is 0 Å². The van der Waals surface area contributed by atoms with Gasteiger partial charge in [-0.2, -0.15) is 0 Å². The minimum atomic E-state index is -0.120. The number of aliphatic hydroxyl groups excluding tert-OH is 1. The predicted octanol–water partition coefficient (Wildman–Crippen LogP) is -0.373. The van der Waals surface area contributed by atoms with Crippen molar-refractivity contribution < 1.29 is 9.90 Å². The highest BCUT2D eigenvalue weighted by atomic mass is 16.3. The summed E-state index contributed by atoms with van der Waals surface area (Å²) in [6.07, 6.45) is 3.50. The molecule has 2 saturated heterocycles. The van der Waals surface area contributed by atoms with Crippen molar-refractivity contribution in [3.05, 3.63) is 0 Å². The number of hydrogen-bond donors (Lipinski definition) is 3. The molecule has 2 aliphatic heterocycles. The fourth-order valence-corrected chi connectivity index (χ4v) is 2.62. The summed E-state index contributed by atoms with van der Waals surface area (Å²) in [6, 6.07) is 0.200. The second kappa shape index (κ2) is 3.87. The molecule has 0 unspecified atom stereocenters. The van der Waals surface area contributed by atoms with Crippen LogP contribution >= 0.6 is 0 Å². The lowest BCUT2D eigenvalue weighted by molar-refractivity contribution is -0.128. The van der Waals surface area contributed by atoms with Crippen LogP contribution in [0.3, 0.4) is 0 Å². The van der Waals surface area contributed by atoms with Crippen molar-refractivity contribution in [3.8, 4) is 0 Å². The van der Waals surface area contributed by atoms with Gasteiger partial charge in [-0.05, 0) is 38.8 Å². The van der Waals surface area contributed by atoms with Gasteiger partial charge in [-0.25, -0.2) is 0 Å². The van der Waals surface area contributed by atoms with E-state index in [1.807, 2.05) is 0 Å². The number of nitrogens with one attached hydrogen (secondary N) is 2. The van der Waals surface area contributed by atoms with Crippen molar-refractivity contribution in [2.75, 3.05) is 19.7 Å². The Morgan fingerprint density at radius 2 is 2.14 bits per heavy atom. The molecule has 0 aromatic carbocycles. The summed E-state index contributed by atoms with van der Waals surface area (Å²) in [5.74, 6) is 0.206. The van der Waals surface area contributed by atoms with Crippen LogP contribution in [0.1, 0.15) is 25.7 Å². The van der Waals surface area contributed by atoms with Crippen molar-refractivity contribution in [2.24, 2.45) is 5.41 Å². The molecule has 1 spiro atoms. The molecule has 2 aliphatic rings. The molecule has 1 amide bonds. The molecule has 80 valence electrons. The molecule has 0 aromatic rings. The van der Waals surface area contributed by atoms with Gasteiger partial charge in [0, 0.05) is 12.6 Å². The smallest absolute Gasteiger partial charge is 0.226 e. The van der Waals surface area contributed by atoms with Crippen LogP contribution in [0.4, 0.5) is 0 Å². The van der Waals surface area contributed by atoms with E-state index in [1.165, 1.54) is 0 Å². The summed E-state index contributed by atoms with van der Waals surface area (Å²) in [5.41, 5.74) is -0.120. The first-order valence-corrected chi connectivity index (χ1v) is 5.39. The Morgan fingerprint density at radius 1 is 1.43 bits per heavy atom. The number of carbonyl (C=O) groups is 1. The van der Waals surface area contributed by atoms with Crippen LogP contribution in [0, 0.1) is 5.41 Å². The minimum absolute atomic E-state index is 0.120. The number of rotatable bonds is 2. The normalized spacial score (nSPS) is 30.6. The Labute approximate surface area is 84.1 Å². The Kier molecular flexibility index (Phi) is 2.74. The summed E-state index contributed by atoms with van der Waals surface area (Å²) in [5, 5.41) is 15.1. The molecule has 0 aliphatic carbocycles. The second-order valence-corrected chi connectivity index (χ2v) is 4.42. The minimum Gasteiger partial charge on any atom is -0.396 e. The van der Waals surface area contributed by atoms with Gasteiger partial charge in [-0.15, -0.1) is 0 Å². The van der Waals surface area contributed by atoms with E-state index < -0.39 is 0 Å². The first kappa shape index (κ1) is 9.93. The average molecular weight is 198 g/mol. The third-order valence-corrected chi connectivity index (χ3v) is 3.49. The van der Waals surface area contributed by atoms with Gasteiger partial charge >= 0.3 is 0 Å². The zero-order chi connectivity index (χ0) is 10.0. The van der Waals surface area contributed by atoms with E-state index in [9.17, 15) is 4.79 Å². The maximum atomic E-state index is 11.8. The Balaban J connectivity index is 2.01. The van der Waals surface area contributed by atoms with Gasteiger partial charge in [0.1, 0.15) is 0 Å². The van der Waals surface area contributed by atoms with Crippen molar-refractivity contribution >= 4 is 5.91 Å². The summed E-state index contributed by atoms with van der Waals surface area (Å²) in [6.45, 7) is 2.05. The number of amides is 1. The van der Waals surface area contributed by atoms with Gasteiger partial charge in [0.15, 0.2) is 0 Å². The SMILES string of the molecule is O=C1N[C@H](CCO)CC12CCNCC2. The highest BCUT2D eigenvalue weighted by Crippen LogP contribution is 2.39. The third kappa shape index (κ3) is 1.64. The van der Waals surface area contributed by atoms with Gasteiger partial charge in [0.2, 0.25) is 5.91 Å². The lowest BCUT2D eigenvalue weighted by Crippen LogP contribution is -2.41. The molecule has 0 radical (unpaired) electrons. The lowest BCUT2D eigenvalue weighted by atomic mass is 9.76. The summed E-state index contributed by atoms with van der Waals surface area (Å²) in [4.78, 5) is 11.8. The molecule has 4 heteroatoms. The molecular weight excluding hydrogens is 180 g/mol. The molecule has 2 rings (SSSR count). The van der Waals surface area contributed by atoms with Crippen LogP contribution in [-0.4, -0.2) is 36.8 Å². The Morgan fingerprint density at radius 3 is 2.79 bits per heavy atom. The van der Waals surface area contributed by atoms with Gasteiger partial charge in [-0.3, -0.25) is 4.79 Å². The molecule has 1 atom stereocenters. The zero-order valence-corrected chi connectivity index (χ0v) is 8.38. The van der Waals surface area contributed by atoms with E-state index in [0.29, 0.717) is 6.42 Å². The molecule has 0 bridgehead atoms. The average Bonchev–Trinajstić information content (AvgIpc) is 2.45. The van der Waals surface area contributed by atoms with Crippen LogP contribution in [0.15, 0.2) is 0 Å². The van der Waals surface area contributed by atoms with E-state index in [2.05, 4.69) is 10.6 Å². The van der Waals surface area contributed by atoms with Gasteiger partial charge in [-0.1, -0.05) is 0 Å². The molecular formula is C10H18N2O2. The van der Waals surface area contributed by atoms with Crippen LogP contribution in [0.25, 0.3) is 0 Å². The second-order valence-electron chi connectivity index (χ2n) is 4.42. The first-order valence-electron chi connectivity index (χ1n) is 5.39. The molecule has 3 N–H and O–H groups in total. The number of hydrogen-bond acceptors (Lipinski definition) is 3. The van der Waals surface area contributed by atoms with Gasteiger partial charge < -0.3 is 15.7 Å². The molecule has 2 fully saturated rings. The van der Waals surface area contributed by atoms with Crippen LogP contribution in [-0.2, 0) is 4.79 Å². The van der Waals surface area contributed by atoms with Crippen LogP contribution < -0.4 is 10.6 Å².